The maximum absolute atomic E-state index is 5.73. The molecule has 1 unspecified atom stereocenters. The van der Waals surface area contributed by atoms with Gasteiger partial charge >= 0.3 is 0 Å². The normalized spacial score (nSPS) is 16.3. The first-order chi connectivity index (χ1) is 5.38. The standard InChI is InChI=1S/C9H17Cl2N/c1-7(9(2,3)4)12-6-8(11)5-10/h5,7,12H,6H2,1-4H3. The minimum Gasteiger partial charge on any atom is -0.309 e. The van der Waals surface area contributed by atoms with Gasteiger partial charge in [-0.15, -0.1) is 0 Å². The van der Waals surface area contributed by atoms with Crippen LogP contribution in [-0.4, -0.2) is 12.6 Å². The van der Waals surface area contributed by atoms with E-state index >= 15 is 0 Å². The second-order valence-electron chi connectivity index (χ2n) is 4.02. The summed E-state index contributed by atoms with van der Waals surface area (Å²) in [6, 6.07) is 0.419. The molecule has 0 heterocycles. The van der Waals surface area contributed by atoms with E-state index in [0.29, 0.717) is 17.6 Å². The van der Waals surface area contributed by atoms with E-state index in [0.717, 1.165) is 0 Å². The van der Waals surface area contributed by atoms with Gasteiger partial charge in [-0.1, -0.05) is 44.0 Å². The molecule has 12 heavy (non-hydrogen) atoms. The van der Waals surface area contributed by atoms with E-state index in [2.05, 4.69) is 33.0 Å². The summed E-state index contributed by atoms with van der Waals surface area (Å²) < 4.78 is 0. The summed E-state index contributed by atoms with van der Waals surface area (Å²) in [6.45, 7) is 9.33. The summed E-state index contributed by atoms with van der Waals surface area (Å²) in [6.07, 6.45) is 0. The predicted molar refractivity (Wildman–Crippen MR) is 56.7 cm³/mol. The minimum atomic E-state index is 0.253. The molecule has 3 heteroatoms. The number of halogens is 2. The topological polar surface area (TPSA) is 12.0 Å². The Hall–Kier alpha value is 0.280. The van der Waals surface area contributed by atoms with Crippen LogP contribution in [0, 0.1) is 5.41 Å². The molecular weight excluding hydrogens is 193 g/mol. The van der Waals surface area contributed by atoms with Gasteiger partial charge in [0.1, 0.15) is 0 Å². The van der Waals surface area contributed by atoms with Crippen LogP contribution in [-0.2, 0) is 0 Å². The molecule has 1 nitrogen and oxygen atoms in total. The highest BCUT2D eigenvalue weighted by Gasteiger charge is 2.18. The summed E-state index contributed by atoms with van der Waals surface area (Å²) in [4.78, 5) is 0. The van der Waals surface area contributed by atoms with Crippen LogP contribution in [0.2, 0.25) is 0 Å². The second-order valence-corrected chi connectivity index (χ2v) is 4.73. The molecule has 0 bridgehead atoms. The van der Waals surface area contributed by atoms with Crippen molar-refractivity contribution < 1.29 is 0 Å². The lowest BCUT2D eigenvalue weighted by Crippen LogP contribution is -2.38. The zero-order chi connectivity index (χ0) is 9.78. The summed E-state index contributed by atoms with van der Waals surface area (Å²) in [5.74, 6) is 0. The van der Waals surface area contributed by atoms with Gasteiger partial charge in [-0.05, 0) is 12.3 Å². The maximum Gasteiger partial charge on any atom is 0.0432 e. The fourth-order valence-corrected chi connectivity index (χ4v) is 0.750. The largest absolute Gasteiger partial charge is 0.309 e. The zero-order valence-electron chi connectivity index (χ0n) is 8.12. The van der Waals surface area contributed by atoms with Gasteiger partial charge in [-0.3, -0.25) is 0 Å². The first-order valence-corrected chi connectivity index (χ1v) is 4.87. The van der Waals surface area contributed by atoms with Crippen LogP contribution < -0.4 is 5.32 Å². The van der Waals surface area contributed by atoms with Crippen molar-refractivity contribution in [1.29, 1.82) is 0 Å². The molecule has 0 amide bonds. The number of hydrogen-bond donors (Lipinski definition) is 1. The highest BCUT2D eigenvalue weighted by Crippen LogP contribution is 2.18. The van der Waals surface area contributed by atoms with Gasteiger partial charge in [0, 0.05) is 23.2 Å². The monoisotopic (exact) mass is 209 g/mol. The number of nitrogens with one attached hydrogen (secondary N) is 1. The summed E-state index contributed by atoms with van der Waals surface area (Å²) >= 11 is 11.1. The predicted octanol–water partition coefficient (Wildman–Crippen LogP) is 3.33. The van der Waals surface area contributed by atoms with Gasteiger partial charge in [0.05, 0.1) is 0 Å². The highest BCUT2D eigenvalue weighted by molar-refractivity contribution is 6.36. The first kappa shape index (κ1) is 12.3. The van der Waals surface area contributed by atoms with Crippen molar-refractivity contribution in [2.75, 3.05) is 6.54 Å². The molecule has 0 aromatic carbocycles. The molecule has 1 atom stereocenters. The Morgan fingerprint density at radius 1 is 1.50 bits per heavy atom. The van der Waals surface area contributed by atoms with Crippen molar-refractivity contribution in [3.63, 3.8) is 0 Å². The van der Waals surface area contributed by atoms with Crippen molar-refractivity contribution in [2.45, 2.75) is 33.7 Å². The quantitative estimate of drug-likeness (QED) is 0.753. The molecule has 0 aliphatic carbocycles. The van der Waals surface area contributed by atoms with Crippen LogP contribution in [0.1, 0.15) is 27.7 Å². The molecule has 0 saturated heterocycles. The van der Waals surface area contributed by atoms with E-state index in [1.807, 2.05) is 0 Å². The van der Waals surface area contributed by atoms with Crippen LogP contribution in [0.3, 0.4) is 0 Å². The number of hydrogen-bond acceptors (Lipinski definition) is 1. The average Bonchev–Trinajstić information content (AvgIpc) is 1.97. The maximum atomic E-state index is 5.73. The van der Waals surface area contributed by atoms with Crippen LogP contribution >= 0.6 is 23.2 Å². The molecule has 0 fully saturated rings. The molecule has 0 aromatic rings. The Bertz CT molecular complexity index is 158. The molecule has 72 valence electrons. The highest BCUT2D eigenvalue weighted by atomic mass is 35.5. The molecule has 0 aliphatic rings. The van der Waals surface area contributed by atoms with E-state index in [1.54, 1.807) is 0 Å². The van der Waals surface area contributed by atoms with Crippen LogP contribution in [0.15, 0.2) is 10.6 Å². The number of rotatable bonds is 3. The van der Waals surface area contributed by atoms with Crippen molar-refractivity contribution in [2.24, 2.45) is 5.41 Å². The third-order valence-electron chi connectivity index (χ3n) is 1.99. The van der Waals surface area contributed by atoms with Gasteiger partial charge in [0.2, 0.25) is 0 Å². The van der Waals surface area contributed by atoms with Crippen molar-refractivity contribution in [3.05, 3.63) is 10.6 Å². The van der Waals surface area contributed by atoms with E-state index in [1.165, 1.54) is 5.54 Å². The minimum absolute atomic E-state index is 0.253. The molecule has 0 spiro atoms. The SMILES string of the molecule is CC(NCC(Cl)=CCl)C(C)(C)C. The average molecular weight is 210 g/mol. The van der Waals surface area contributed by atoms with Gasteiger partial charge in [0.25, 0.3) is 0 Å². The van der Waals surface area contributed by atoms with Crippen molar-refractivity contribution >= 4 is 23.2 Å². The Labute approximate surface area is 85.1 Å². The molecule has 0 rings (SSSR count). The smallest absolute Gasteiger partial charge is 0.0432 e. The van der Waals surface area contributed by atoms with Gasteiger partial charge < -0.3 is 5.32 Å². The lowest BCUT2D eigenvalue weighted by molar-refractivity contribution is 0.294. The Morgan fingerprint density at radius 3 is 2.33 bits per heavy atom. The van der Waals surface area contributed by atoms with Crippen LogP contribution in [0.5, 0.6) is 0 Å². The molecule has 0 saturated carbocycles. The van der Waals surface area contributed by atoms with E-state index in [9.17, 15) is 0 Å². The van der Waals surface area contributed by atoms with Crippen LogP contribution in [0.25, 0.3) is 0 Å². The molecule has 0 radical (unpaired) electrons. The fourth-order valence-electron chi connectivity index (χ4n) is 0.595. The Balaban J connectivity index is 3.80. The van der Waals surface area contributed by atoms with Crippen molar-refractivity contribution in [1.82, 2.24) is 5.32 Å². The third-order valence-corrected chi connectivity index (χ3v) is 2.61. The Kier molecular flexibility index (Phi) is 5.22. The van der Waals surface area contributed by atoms with E-state index < -0.39 is 0 Å². The van der Waals surface area contributed by atoms with Crippen LogP contribution in [0.4, 0.5) is 0 Å². The third kappa shape index (κ3) is 5.02. The molecular formula is C9H17Cl2N. The summed E-state index contributed by atoms with van der Waals surface area (Å²) in [7, 11) is 0. The van der Waals surface area contributed by atoms with Gasteiger partial charge in [-0.2, -0.15) is 0 Å². The lowest BCUT2D eigenvalue weighted by atomic mass is 9.88. The Morgan fingerprint density at radius 2 is 2.00 bits per heavy atom. The van der Waals surface area contributed by atoms with Gasteiger partial charge in [-0.25, -0.2) is 0 Å². The summed E-state index contributed by atoms with van der Waals surface area (Å²) in [5, 5.41) is 3.93. The summed E-state index contributed by atoms with van der Waals surface area (Å²) in [5.41, 5.74) is 1.65. The zero-order valence-corrected chi connectivity index (χ0v) is 9.63. The molecule has 0 aromatic heterocycles. The first-order valence-electron chi connectivity index (χ1n) is 4.06. The fraction of sp³-hybridized carbons (Fsp3) is 0.778. The lowest BCUT2D eigenvalue weighted by Gasteiger charge is -2.28. The van der Waals surface area contributed by atoms with E-state index in [4.69, 9.17) is 23.2 Å². The van der Waals surface area contributed by atoms with E-state index in [-0.39, 0.29) is 5.41 Å². The second kappa shape index (κ2) is 5.11. The molecule has 1 N–H and O–H groups in total. The molecule has 0 aliphatic heterocycles. The van der Waals surface area contributed by atoms with Gasteiger partial charge in [0.15, 0.2) is 0 Å². The van der Waals surface area contributed by atoms with Crippen molar-refractivity contribution in [3.8, 4) is 0 Å².